The number of unbranched alkanes of at least 4 members (excludes halogenated alkanes) is 33. The molecule has 8 N–H and O–H groups in total. The van der Waals surface area contributed by atoms with Crippen molar-refractivity contribution in [2.45, 2.75) is 300 Å². The van der Waals surface area contributed by atoms with Crippen molar-refractivity contribution in [2.75, 3.05) is 6.61 Å². The Bertz CT molecular complexity index is 1060. The minimum atomic E-state index is -5.05. The number of amides is 1. The van der Waals surface area contributed by atoms with Crippen molar-refractivity contribution < 1.29 is 53.9 Å². The lowest BCUT2D eigenvalue weighted by atomic mass is 9.85. The molecular weight excluding hydrogens is 810 g/mol. The second-order valence-corrected chi connectivity index (χ2v) is 20.1. The third kappa shape index (κ3) is 30.5. The van der Waals surface area contributed by atoms with Crippen LogP contribution in [0.25, 0.3) is 0 Å². The first-order chi connectivity index (χ1) is 29.9. The van der Waals surface area contributed by atoms with Crippen LogP contribution in [0, 0.1) is 0 Å². The normalized spacial score (nSPS) is 22.4. The first kappa shape index (κ1) is 59.4. The summed E-state index contributed by atoms with van der Waals surface area (Å²) < 4.78 is 23.0. The van der Waals surface area contributed by atoms with Gasteiger partial charge in [0.2, 0.25) is 5.91 Å². The Labute approximate surface area is 378 Å². The molecule has 1 rings (SSSR count). The Morgan fingerprint density at radius 3 is 1.11 bits per heavy atom. The smallest absolute Gasteiger partial charge is 0.391 e. The minimum absolute atomic E-state index is 0.243. The van der Waals surface area contributed by atoms with Gasteiger partial charge in [0.05, 0.1) is 18.8 Å². The molecule has 1 amide bonds. The van der Waals surface area contributed by atoms with E-state index in [0.717, 1.165) is 38.5 Å². The summed E-state index contributed by atoms with van der Waals surface area (Å²) in [4.78, 5) is 23.5. The van der Waals surface area contributed by atoms with Gasteiger partial charge in [0.1, 0.15) is 36.6 Å². The molecular formula is C49H98NO11P. The van der Waals surface area contributed by atoms with E-state index >= 15 is 0 Å². The maximum absolute atomic E-state index is 13.0. The van der Waals surface area contributed by atoms with Crippen LogP contribution in [0.4, 0.5) is 0 Å². The summed E-state index contributed by atoms with van der Waals surface area (Å²) in [6, 6.07) is -1.03. The summed E-state index contributed by atoms with van der Waals surface area (Å²) in [6.45, 7) is 3.92. The molecule has 0 aromatic carbocycles. The Hall–Kier alpha value is -0.660. The van der Waals surface area contributed by atoms with Crippen molar-refractivity contribution in [3.8, 4) is 0 Å². The summed E-state index contributed by atoms with van der Waals surface area (Å²) in [5, 5.41) is 64.3. The minimum Gasteiger partial charge on any atom is -0.391 e. The zero-order chi connectivity index (χ0) is 45.7. The molecule has 0 aromatic rings. The number of carbonyl (C=O) groups is 1. The van der Waals surface area contributed by atoms with E-state index in [1.165, 1.54) is 173 Å². The first-order valence-electron chi connectivity index (χ1n) is 26.0. The number of hydrogen-bond acceptors (Lipinski definition) is 10. The van der Waals surface area contributed by atoms with Gasteiger partial charge >= 0.3 is 7.82 Å². The topological polar surface area (TPSA) is 206 Å². The zero-order valence-corrected chi connectivity index (χ0v) is 40.6. The predicted octanol–water partition coefficient (Wildman–Crippen LogP) is 10.6. The molecule has 9 atom stereocenters. The van der Waals surface area contributed by atoms with E-state index in [1.807, 2.05) is 0 Å². The summed E-state index contributed by atoms with van der Waals surface area (Å²) in [5.74, 6) is -0.302. The highest BCUT2D eigenvalue weighted by atomic mass is 31.2. The number of phosphoric ester groups is 1. The van der Waals surface area contributed by atoms with Crippen molar-refractivity contribution in [3.63, 3.8) is 0 Å². The second-order valence-electron chi connectivity index (χ2n) is 18.7. The molecule has 0 aliphatic heterocycles. The third-order valence-corrected chi connectivity index (χ3v) is 13.9. The summed E-state index contributed by atoms with van der Waals surface area (Å²) in [5.41, 5.74) is 0. The number of aliphatic hydroxyl groups excluding tert-OH is 6. The van der Waals surface area contributed by atoms with E-state index in [9.17, 15) is 44.9 Å². The number of phosphoric acid groups is 1. The lowest BCUT2D eigenvalue weighted by Crippen LogP contribution is -2.64. The Morgan fingerprint density at radius 2 is 0.774 bits per heavy atom. The average Bonchev–Trinajstić information content (AvgIpc) is 3.25. The fourth-order valence-electron chi connectivity index (χ4n) is 8.67. The Morgan fingerprint density at radius 1 is 0.484 bits per heavy atom. The van der Waals surface area contributed by atoms with Crippen LogP contribution in [0.15, 0.2) is 0 Å². The lowest BCUT2D eigenvalue weighted by molar-refractivity contribution is -0.220. The first-order valence-corrected chi connectivity index (χ1v) is 27.5. The van der Waals surface area contributed by atoms with Crippen LogP contribution in [0.5, 0.6) is 0 Å². The molecule has 1 aliphatic rings. The molecule has 1 fully saturated rings. The van der Waals surface area contributed by atoms with Crippen LogP contribution in [-0.2, 0) is 18.4 Å². The molecule has 6 unspecified atom stereocenters. The SMILES string of the molecule is CCCCCCCCCCCCCCCCCCCCCCCC(=O)N[C@@H](COP(=O)(O)OC1C(O)C(O)C(O)[C@@H](O)C1O)[C@H](O)CCCCCCCCCCCCCCCC. The molecule has 0 spiro atoms. The fraction of sp³-hybridized carbons (Fsp3) is 0.980. The lowest BCUT2D eigenvalue weighted by Gasteiger charge is -2.41. The third-order valence-electron chi connectivity index (χ3n) is 12.9. The van der Waals surface area contributed by atoms with E-state index in [-0.39, 0.29) is 12.3 Å². The van der Waals surface area contributed by atoms with Crippen LogP contribution in [0.3, 0.4) is 0 Å². The van der Waals surface area contributed by atoms with E-state index in [4.69, 9.17) is 9.05 Å². The van der Waals surface area contributed by atoms with Gasteiger partial charge in [0.15, 0.2) is 0 Å². The number of carbonyl (C=O) groups excluding carboxylic acids is 1. The quantitative estimate of drug-likeness (QED) is 0.0213. The van der Waals surface area contributed by atoms with Gasteiger partial charge < -0.3 is 40.8 Å². The number of nitrogens with one attached hydrogen (secondary N) is 1. The number of aliphatic hydroxyl groups is 6. The van der Waals surface area contributed by atoms with Gasteiger partial charge in [-0.05, 0) is 12.8 Å². The van der Waals surface area contributed by atoms with Gasteiger partial charge in [-0.2, -0.15) is 0 Å². The predicted molar refractivity (Wildman–Crippen MR) is 251 cm³/mol. The molecule has 0 bridgehead atoms. The summed E-state index contributed by atoms with van der Waals surface area (Å²) >= 11 is 0. The molecule has 62 heavy (non-hydrogen) atoms. The maximum Gasteiger partial charge on any atom is 0.472 e. The van der Waals surface area contributed by atoms with Crippen LogP contribution >= 0.6 is 7.82 Å². The van der Waals surface area contributed by atoms with E-state index in [1.54, 1.807) is 0 Å². The molecule has 0 aromatic heterocycles. The van der Waals surface area contributed by atoms with Gasteiger partial charge in [-0.25, -0.2) is 4.57 Å². The van der Waals surface area contributed by atoms with Crippen LogP contribution in [0.1, 0.15) is 251 Å². The number of hydrogen-bond donors (Lipinski definition) is 8. The van der Waals surface area contributed by atoms with Crippen molar-refractivity contribution in [1.29, 1.82) is 0 Å². The second kappa shape index (κ2) is 39.5. The largest absolute Gasteiger partial charge is 0.472 e. The Balaban J connectivity index is 2.37. The molecule has 13 heteroatoms. The summed E-state index contributed by atoms with van der Waals surface area (Å²) in [7, 11) is -5.05. The highest BCUT2D eigenvalue weighted by Gasteiger charge is 2.51. The van der Waals surface area contributed by atoms with Crippen molar-refractivity contribution >= 4 is 13.7 Å². The summed E-state index contributed by atoms with van der Waals surface area (Å²) in [6.07, 6.45) is 31.3. The van der Waals surface area contributed by atoms with Crippen LogP contribution < -0.4 is 5.32 Å². The zero-order valence-electron chi connectivity index (χ0n) is 39.7. The average molecular weight is 908 g/mol. The van der Waals surface area contributed by atoms with Gasteiger partial charge in [0.25, 0.3) is 0 Å². The van der Waals surface area contributed by atoms with Crippen molar-refractivity contribution in [1.82, 2.24) is 5.32 Å². The van der Waals surface area contributed by atoms with E-state index in [2.05, 4.69) is 19.2 Å². The molecule has 370 valence electrons. The maximum atomic E-state index is 13.0. The molecule has 0 radical (unpaired) electrons. The van der Waals surface area contributed by atoms with E-state index in [0.29, 0.717) is 19.3 Å². The molecule has 12 nitrogen and oxygen atoms in total. The van der Waals surface area contributed by atoms with Crippen molar-refractivity contribution in [2.24, 2.45) is 0 Å². The van der Waals surface area contributed by atoms with Gasteiger partial charge in [-0.15, -0.1) is 0 Å². The fourth-order valence-corrected chi connectivity index (χ4v) is 9.64. The highest BCUT2D eigenvalue weighted by molar-refractivity contribution is 7.47. The van der Waals surface area contributed by atoms with Crippen molar-refractivity contribution in [3.05, 3.63) is 0 Å². The molecule has 1 aliphatic carbocycles. The van der Waals surface area contributed by atoms with Gasteiger partial charge in [0, 0.05) is 6.42 Å². The van der Waals surface area contributed by atoms with Crippen LogP contribution in [-0.4, -0.2) is 96.8 Å². The molecule has 0 saturated heterocycles. The highest BCUT2D eigenvalue weighted by Crippen LogP contribution is 2.47. The number of rotatable bonds is 44. The van der Waals surface area contributed by atoms with E-state index < -0.39 is 63.2 Å². The molecule has 0 heterocycles. The molecule has 1 saturated carbocycles. The monoisotopic (exact) mass is 908 g/mol. The van der Waals surface area contributed by atoms with Crippen LogP contribution in [0.2, 0.25) is 0 Å². The standard InChI is InChI=1S/C49H98NO11P/c1-3-5-7-9-11-13-15-17-19-20-21-22-23-24-25-27-29-31-33-35-37-39-43(52)50-41(40-60-62(58,59)61-49-47(56)45(54)44(53)46(55)48(49)57)42(51)38-36-34-32-30-28-26-18-16-14-12-10-8-6-4-2/h41-42,44-49,51,53-57H,3-40H2,1-2H3,(H,50,52)(H,58,59)/t41-,42+,44?,45+,46?,47?,48?,49?/m0/s1. The van der Waals surface area contributed by atoms with Gasteiger partial charge in [-0.1, -0.05) is 232 Å². The Kier molecular flexibility index (Phi) is 37.8. The van der Waals surface area contributed by atoms with Gasteiger partial charge in [-0.3, -0.25) is 13.8 Å².